The highest BCUT2D eigenvalue weighted by molar-refractivity contribution is 5.96. The SMILES string of the molecule is Cc1c(N)cccc1C(=O)NCC(C)(C)CN(C)C. The molecular formula is C15H25N3O. The predicted octanol–water partition coefficient (Wildman–Crippen LogP) is 1.89. The molecule has 0 fully saturated rings. The third-order valence-corrected chi connectivity index (χ3v) is 3.09. The Balaban J connectivity index is 2.68. The molecule has 0 unspecified atom stereocenters. The predicted molar refractivity (Wildman–Crippen MR) is 80.3 cm³/mol. The molecule has 0 radical (unpaired) electrons. The molecule has 0 spiro atoms. The Labute approximate surface area is 116 Å². The number of nitrogen functional groups attached to an aromatic ring is 1. The first-order valence-corrected chi connectivity index (χ1v) is 6.51. The van der Waals surface area contributed by atoms with E-state index < -0.39 is 0 Å². The summed E-state index contributed by atoms with van der Waals surface area (Å²) in [5.41, 5.74) is 8.00. The lowest BCUT2D eigenvalue weighted by Gasteiger charge is -2.28. The fourth-order valence-corrected chi connectivity index (χ4v) is 2.23. The maximum absolute atomic E-state index is 12.2. The van der Waals surface area contributed by atoms with Crippen LogP contribution in [-0.2, 0) is 0 Å². The summed E-state index contributed by atoms with van der Waals surface area (Å²) in [5.74, 6) is -0.0587. The number of amides is 1. The molecule has 0 bridgehead atoms. The Kier molecular flexibility index (Phi) is 4.95. The van der Waals surface area contributed by atoms with Crippen molar-refractivity contribution in [2.75, 3.05) is 32.9 Å². The van der Waals surface area contributed by atoms with Crippen LogP contribution >= 0.6 is 0 Å². The molecule has 0 saturated heterocycles. The number of carbonyl (C=O) groups is 1. The highest BCUT2D eigenvalue weighted by Crippen LogP contribution is 2.17. The van der Waals surface area contributed by atoms with Crippen molar-refractivity contribution in [2.24, 2.45) is 5.41 Å². The van der Waals surface area contributed by atoms with Crippen LogP contribution in [0.3, 0.4) is 0 Å². The molecule has 106 valence electrons. The second-order valence-corrected chi connectivity index (χ2v) is 6.10. The fraction of sp³-hybridized carbons (Fsp3) is 0.533. The summed E-state index contributed by atoms with van der Waals surface area (Å²) in [6, 6.07) is 5.42. The third kappa shape index (κ3) is 4.56. The average Bonchev–Trinajstić information content (AvgIpc) is 2.28. The lowest BCUT2D eigenvalue weighted by atomic mass is 9.92. The zero-order chi connectivity index (χ0) is 14.6. The van der Waals surface area contributed by atoms with Crippen LogP contribution in [0.1, 0.15) is 29.8 Å². The molecule has 3 N–H and O–H groups in total. The molecule has 1 rings (SSSR count). The first kappa shape index (κ1) is 15.5. The van der Waals surface area contributed by atoms with E-state index in [1.165, 1.54) is 0 Å². The molecule has 19 heavy (non-hydrogen) atoms. The van der Waals surface area contributed by atoms with Crippen molar-refractivity contribution in [3.63, 3.8) is 0 Å². The Bertz CT molecular complexity index is 453. The maximum Gasteiger partial charge on any atom is 0.251 e. The van der Waals surface area contributed by atoms with Gasteiger partial charge in [-0.25, -0.2) is 0 Å². The second kappa shape index (κ2) is 6.06. The number of hydrogen-bond donors (Lipinski definition) is 2. The zero-order valence-electron chi connectivity index (χ0n) is 12.6. The number of hydrogen-bond acceptors (Lipinski definition) is 3. The van der Waals surface area contributed by atoms with Crippen LogP contribution in [0.15, 0.2) is 18.2 Å². The minimum absolute atomic E-state index is 0.0351. The summed E-state index contributed by atoms with van der Waals surface area (Å²) >= 11 is 0. The molecule has 0 aromatic heterocycles. The Morgan fingerprint density at radius 2 is 2.00 bits per heavy atom. The number of rotatable bonds is 5. The van der Waals surface area contributed by atoms with Crippen molar-refractivity contribution in [3.05, 3.63) is 29.3 Å². The van der Waals surface area contributed by atoms with Gasteiger partial charge in [-0.3, -0.25) is 4.79 Å². The number of nitrogens with two attached hydrogens (primary N) is 1. The molecule has 1 amide bonds. The van der Waals surface area contributed by atoms with E-state index in [-0.39, 0.29) is 11.3 Å². The van der Waals surface area contributed by atoms with Crippen LogP contribution in [0.25, 0.3) is 0 Å². The van der Waals surface area contributed by atoms with Gasteiger partial charge in [0.25, 0.3) is 5.91 Å². The van der Waals surface area contributed by atoms with Crippen LogP contribution in [-0.4, -0.2) is 38.0 Å². The summed E-state index contributed by atoms with van der Waals surface area (Å²) in [5, 5.41) is 2.99. The minimum Gasteiger partial charge on any atom is -0.398 e. The molecule has 1 aromatic rings. The largest absolute Gasteiger partial charge is 0.398 e. The van der Waals surface area contributed by atoms with E-state index in [0.29, 0.717) is 17.8 Å². The summed E-state index contributed by atoms with van der Waals surface area (Å²) in [6.45, 7) is 7.70. The number of carbonyl (C=O) groups excluding carboxylic acids is 1. The van der Waals surface area contributed by atoms with Crippen LogP contribution in [0.5, 0.6) is 0 Å². The summed E-state index contributed by atoms with van der Waals surface area (Å²) in [6.07, 6.45) is 0. The van der Waals surface area contributed by atoms with E-state index in [0.717, 1.165) is 12.1 Å². The van der Waals surface area contributed by atoms with Crippen molar-refractivity contribution in [2.45, 2.75) is 20.8 Å². The first-order chi connectivity index (χ1) is 8.73. The Morgan fingerprint density at radius 1 is 1.37 bits per heavy atom. The van der Waals surface area contributed by atoms with E-state index >= 15 is 0 Å². The molecule has 4 heteroatoms. The Morgan fingerprint density at radius 3 is 2.58 bits per heavy atom. The number of anilines is 1. The van der Waals surface area contributed by atoms with Gasteiger partial charge in [0, 0.05) is 24.3 Å². The van der Waals surface area contributed by atoms with Gasteiger partial charge in [0.1, 0.15) is 0 Å². The molecule has 0 aliphatic carbocycles. The van der Waals surface area contributed by atoms with E-state index in [4.69, 9.17) is 5.73 Å². The van der Waals surface area contributed by atoms with Gasteiger partial charge in [0.05, 0.1) is 0 Å². The van der Waals surface area contributed by atoms with E-state index in [1.807, 2.05) is 33.2 Å². The lowest BCUT2D eigenvalue weighted by Crippen LogP contribution is -2.40. The summed E-state index contributed by atoms with van der Waals surface area (Å²) in [7, 11) is 4.07. The maximum atomic E-state index is 12.2. The van der Waals surface area contributed by atoms with Crippen molar-refractivity contribution in [3.8, 4) is 0 Å². The van der Waals surface area contributed by atoms with Crippen LogP contribution in [0.2, 0.25) is 0 Å². The monoisotopic (exact) mass is 263 g/mol. The molecule has 0 saturated carbocycles. The summed E-state index contributed by atoms with van der Waals surface area (Å²) < 4.78 is 0. The van der Waals surface area contributed by atoms with Gasteiger partial charge in [-0.1, -0.05) is 19.9 Å². The van der Waals surface area contributed by atoms with Gasteiger partial charge < -0.3 is 16.0 Å². The second-order valence-electron chi connectivity index (χ2n) is 6.10. The molecule has 0 aliphatic rings. The van der Waals surface area contributed by atoms with E-state index in [2.05, 4.69) is 24.1 Å². The third-order valence-electron chi connectivity index (χ3n) is 3.09. The van der Waals surface area contributed by atoms with Crippen molar-refractivity contribution in [1.29, 1.82) is 0 Å². The molecule has 1 aromatic carbocycles. The standard InChI is InChI=1S/C15H25N3O/c1-11-12(7-6-8-13(11)16)14(19)17-9-15(2,3)10-18(4)5/h6-8H,9-10,16H2,1-5H3,(H,17,19). The quantitative estimate of drug-likeness (QED) is 0.798. The Hall–Kier alpha value is -1.55. The molecule has 0 aliphatic heterocycles. The molecular weight excluding hydrogens is 238 g/mol. The number of nitrogens with zero attached hydrogens (tertiary/aromatic N) is 1. The average molecular weight is 263 g/mol. The van der Waals surface area contributed by atoms with Gasteiger partial charge in [-0.2, -0.15) is 0 Å². The molecule has 4 nitrogen and oxygen atoms in total. The smallest absolute Gasteiger partial charge is 0.251 e. The van der Waals surface area contributed by atoms with Crippen molar-refractivity contribution in [1.82, 2.24) is 10.2 Å². The van der Waals surface area contributed by atoms with Gasteiger partial charge >= 0.3 is 0 Å². The van der Waals surface area contributed by atoms with Gasteiger partial charge in [-0.05, 0) is 44.1 Å². The van der Waals surface area contributed by atoms with Crippen LogP contribution in [0.4, 0.5) is 5.69 Å². The highest BCUT2D eigenvalue weighted by atomic mass is 16.1. The fourth-order valence-electron chi connectivity index (χ4n) is 2.23. The van der Waals surface area contributed by atoms with Crippen molar-refractivity contribution < 1.29 is 4.79 Å². The molecule has 0 heterocycles. The van der Waals surface area contributed by atoms with Crippen LogP contribution < -0.4 is 11.1 Å². The van der Waals surface area contributed by atoms with Gasteiger partial charge in [0.15, 0.2) is 0 Å². The van der Waals surface area contributed by atoms with Crippen LogP contribution in [0, 0.1) is 12.3 Å². The lowest BCUT2D eigenvalue weighted by molar-refractivity contribution is 0.0928. The van der Waals surface area contributed by atoms with Gasteiger partial charge in [-0.15, -0.1) is 0 Å². The topological polar surface area (TPSA) is 58.4 Å². The van der Waals surface area contributed by atoms with E-state index in [9.17, 15) is 4.79 Å². The first-order valence-electron chi connectivity index (χ1n) is 6.51. The van der Waals surface area contributed by atoms with Crippen molar-refractivity contribution >= 4 is 11.6 Å². The van der Waals surface area contributed by atoms with Gasteiger partial charge in [0.2, 0.25) is 0 Å². The minimum atomic E-state index is -0.0587. The highest BCUT2D eigenvalue weighted by Gasteiger charge is 2.20. The molecule has 0 atom stereocenters. The zero-order valence-corrected chi connectivity index (χ0v) is 12.6. The number of nitrogens with one attached hydrogen (secondary N) is 1. The van der Waals surface area contributed by atoms with E-state index in [1.54, 1.807) is 6.07 Å². The normalized spacial score (nSPS) is 11.7. The number of benzene rings is 1. The summed E-state index contributed by atoms with van der Waals surface area (Å²) in [4.78, 5) is 14.3.